The number of hydrogen-bond acceptors (Lipinski definition) is 2. The van der Waals surface area contributed by atoms with E-state index in [4.69, 9.17) is 11.5 Å². The molecule has 0 aliphatic carbocycles. The summed E-state index contributed by atoms with van der Waals surface area (Å²) in [5, 5.41) is 0. The smallest absolute Gasteiger partial charge is 0.217 e. The molecule has 0 atom stereocenters. The third-order valence-electron chi connectivity index (χ3n) is 7.06. The van der Waals surface area contributed by atoms with Crippen molar-refractivity contribution in [1.29, 1.82) is 0 Å². The van der Waals surface area contributed by atoms with Gasteiger partial charge in [-0.1, -0.05) is 134 Å². The highest BCUT2D eigenvalue weighted by Gasteiger charge is 1.95. The van der Waals surface area contributed by atoms with Gasteiger partial charge < -0.3 is 11.5 Å². The van der Waals surface area contributed by atoms with Crippen molar-refractivity contribution in [3.8, 4) is 0 Å². The zero-order valence-electron chi connectivity index (χ0n) is 26.8. The van der Waals surface area contributed by atoms with Gasteiger partial charge in [0.15, 0.2) is 0 Å². The summed E-state index contributed by atoms with van der Waals surface area (Å²) in [5.41, 5.74) is 10.2. The Balaban J connectivity index is 0. The lowest BCUT2D eigenvalue weighted by atomic mass is 10.1. The van der Waals surface area contributed by atoms with Gasteiger partial charge in [-0.15, -0.1) is 0 Å². The highest BCUT2D eigenvalue weighted by molar-refractivity contribution is 5.73. The summed E-state index contributed by atoms with van der Waals surface area (Å²) < 4.78 is 0. The summed E-state index contributed by atoms with van der Waals surface area (Å²) in [6.45, 7) is 4.50. The molecule has 234 valence electrons. The molecule has 0 fully saturated rings. The molecule has 2 amide bonds. The van der Waals surface area contributed by atoms with Crippen molar-refractivity contribution in [2.45, 2.75) is 181 Å². The van der Waals surface area contributed by atoms with Crippen molar-refractivity contribution in [2.24, 2.45) is 11.5 Å². The standard InChI is InChI=1S/C18H35NO.C18H33NO/c2*1-2-3-4-5-6-7-8-9-10-11-12-13-14-15-16-17-18(19)20/h9-10H,2-8,11-17H2,1H3,(H2,19,20);6-7,9-10H,2-5,8,11-17H2,1H3,(H2,19,20)/b10-9-;7-6-,10-9-. The van der Waals surface area contributed by atoms with Crippen LogP contribution in [0.25, 0.3) is 0 Å². The molecule has 0 saturated carbocycles. The maximum Gasteiger partial charge on any atom is 0.217 e. The number of primary amides is 2. The molecule has 4 N–H and O–H groups in total. The van der Waals surface area contributed by atoms with Gasteiger partial charge in [-0.05, 0) is 70.6 Å². The van der Waals surface area contributed by atoms with Crippen LogP contribution in [-0.4, -0.2) is 11.8 Å². The summed E-state index contributed by atoms with van der Waals surface area (Å²) in [4.78, 5) is 21.1. The largest absolute Gasteiger partial charge is 0.370 e. The van der Waals surface area contributed by atoms with Crippen LogP contribution in [0.15, 0.2) is 36.5 Å². The zero-order chi connectivity index (χ0) is 29.8. The van der Waals surface area contributed by atoms with Crippen LogP contribution in [0.2, 0.25) is 0 Å². The van der Waals surface area contributed by atoms with Crippen LogP contribution in [-0.2, 0) is 9.59 Å². The van der Waals surface area contributed by atoms with Crippen LogP contribution in [0.1, 0.15) is 181 Å². The Morgan fingerprint density at radius 3 is 1.05 bits per heavy atom. The molecule has 4 nitrogen and oxygen atoms in total. The first kappa shape index (κ1) is 40.3. The van der Waals surface area contributed by atoms with Crippen molar-refractivity contribution in [2.75, 3.05) is 0 Å². The molecule has 0 aliphatic rings. The monoisotopic (exact) mass is 561 g/mol. The van der Waals surface area contributed by atoms with E-state index in [0.29, 0.717) is 12.8 Å². The van der Waals surface area contributed by atoms with Gasteiger partial charge in [-0.3, -0.25) is 9.59 Å². The van der Waals surface area contributed by atoms with Crippen LogP contribution in [0.3, 0.4) is 0 Å². The molecule has 0 aromatic heterocycles. The van der Waals surface area contributed by atoms with E-state index in [1.807, 2.05) is 0 Å². The molecule has 0 aliphatic heterocycles. The maximum absolute atomic E-state index is 10.5. The second-order valence-corrected chi connectivity index (χ2v) is 11.2. The van der Waals surface area contributed by atoms with E-state index in [1.165, 1.54) is 122 Å². The number of carbonyl (C=O) groups excluding carboxylic acids is 2. The Bertz CT molecular complexity index is 610. The lowest BCUT2D eigenvalue weighted by Gasteiger charge is -1.99. The number of hydrogen-bond donors (Lipinski definition) is 2. The van der Waals surface area contributed by atoms with Crippen LogP contribution in [0, 0.1) is 0 Å². The average Bonchev–Trinajstić information content (AvgIpc) is 2.93. The average molecular weight is 561 g/mol. The molecule has 0 heterocycles. The van der Waals surface area contributed by atoms with Crippen LogP contribution in [0.4, 0.5) is 0 Å². The number of nitrogens with two attached hydrogens (primary N) is 2. The second kappa shape index (κ2) is 37.2. The maximum atomic E-state index is 10.5. The van der Waals surface area contributed by atoms with E-state index in [1.54, 1.807) is 0 Å². The molecule has 0 aromatic carbocycles. The minimum atomic E-state index is -0.171. The van der Waals surface area contributed by atoms with Crippen molar-refractivity contribution >= 4 is 11.8 Å². The fraction of sp³-hybridized carbons (Fsp3) is 0.778. The molecule has 0 aromatic rings. The van der Waals surface area contributed by atoms with Crippen molar-refractivity contribution in [3.63, 3.8) is 0 Å². The molecule has 0 saturated heterocycles. The Labute approximate surface area is 249 Å². The fourth-order valence-corrected chi connectivity index (χ4v) is 4.48. The molecule has 0 unspecified atom stereocenters. The Hall–Kier alpha value is -1.84. The summed E-state index contributed by atoms with van der Waals surface area (Å²) in [6.07, 6.45) is 44.9. The normalized spacial score (nSPS) is 11.4. The van der Waals surface area contributed by atoms with E-state index in [0.717, 1.165) is 32.1 Å². The van der Waals surface area contributed by atoms with Crippen molar-refractivity contribution in [3.05, 3.63) is 36.5 Å². The first-order chi connectivity index (χ1) is 19.5. The van der Waals surface area contributed by atoms with E-state index in [9.17, 15) is 9.59 Å². The summed E-state index contributed by atoms with van der Waals surface area (Å²) in [6, 6.07) is 0. The van der Waals surface area contributed by atoms with Crippen molar-refractivity contribution < 1.29 is 9.59 Å². The van der Waals surface area contributed by atoms with Gasteiger partial charge in [0, 0.05) is 12.8 Å². The summed E-state index contributed by atoms with van der Waals surface area (Å²) in [7, 11) is 0. The molecule has 0 spiro atoms. The topological polar surface area (TPSA) is 86.2 Å². The van der Waals surface area contributed by atoms with E-state index in [-0.39, 0.29) is 11.8 Å². The van der Waals surface area contributed by atoms with Gasteiger partial charge in [0.1, 0.15) is 0 Å². The second-order valence-electron chi connectivity index (χ2n) is 11.2. The fourth-order valence-electron chi connectivity index (χ4n) is 4.48. The van der Waals surface area contributed by atoms with Crippen LogP contribution >= 0.6 is 0 Å². The first-order valence-electron chi connectivity index (χ1n) is 17.1. The third kappa shape index (κ3) is 43.2. The molecule has 0 rings (SSSR count). The highest BCUT2D eigenvalue weighted by atomic mass is 16.1. The Morgan fingerprint density at radius 2 is 0.675 bits per heavy atom. The highest BCUT2D eigenvalue weighted by Crippen LogP contribution is 2.10. The molecule has 0 radical (unpaired) electrons. The Kier molecular flexibility index (Phi) is 37.4. The Morgan fingerprint density at radius 1 is 0.400 bits per heavy atom. The first-order valence-corrected chi connectivity index (χ1v) is 17.1. The number of amides is 2. The third-order valence-corrected chi connectivity index (χ3v) is 7.06. The SMILES string of the molecule is CCCCC/C=C\C/C=C\CCCCCCCC(N)=O.CCCCCCCC/C=C\CCCCCCCC(N)=O. The van der Waals surface area contributed by atoms with Gasteiger partial charge in [0.05, 0.1) is 0 Å². The van der Waals surface area contributed by atoms with Gasteiger partial charge in [0.2, 0.25) is 11.8 Å². The van der Waals surface area contributed by atoms with E-state index >= 15 is 0 Å². The van der Waals surface area contributed by atoms with Gasteiger partial charge >= 0.3 is 0 Å². The molecular weight excluding hydrogens is 492 g/mol. The zero-order valence-corrected chi connectivity index (χ0v) is 26.8. The van der Waals surface area contributed by atoms with E-state index in [2.05, 4.69) is 50.3 Å². The predicted molar refractivity (Wildman–Crippen MR) is 177 cm³/mol. The molecule has 40 heavy (non-hydrogen) atoms. The van der Waals surface area contributed by atoms with Gasteiger partial charge in [-0.25, -0.2) is 0 Å². The number of carbonyl (C=O) groups is 2. The van der Waals surface area contributed by atoms with E-state index < -0.39 is 0 Å². The lowest BCUT2D eigenvalue weighted by molar-refractivity contribution is -0.119. The predicted octanol–water partition coefficient (Wildman–Crippen LogP) is 10.8. The van der Waals surface area contributed by atoms with Gasteiger partial charge in [-0.2, -0.15) is 0 Å². The quantitative estimate of drug-likeness (QED) is 0.0704. The minimum absolute atomic E-state index is 0.164. The molecule has 0 bridgehead atoms. The molecular formula is C36H68N2O2. The van der Waals surface area contributed by atoms with Gasteiger partial charge in [0.25, 0.3) is 0 Å². The number of rotatable bonds is 29. The molecule has 4 heteroatoms. The minimum Gasteiger partial charge on any atom is -0.370 e. The van der Waals surface area contributed by atoms with Crippen LogP contribution in [0.5, 0.6) is 0 Å². The van der Waals surface area contributed by atoms with Crippen LogP contribution < -0.4 is 11.5 Å². The number of allylic oxidation sites excluding steroid dienone is 6. The van der Waals surface area contributed by atoms with Crippen molar-refractivity contribution in [1.82, 2.24) is 0 Å². The number of unbranched alkanes of at least 4 members (excludes halogenated alkanes) is 19. The summed E-state index contributed by atoms with van der Waals surface area (Å²) in [5.74, 6) is -0.335. The lowest BCUT2D eigenvalue weighted by Crippen LogP contribution is -2.09. The summed E-state index contributed by atoms with van der Waals surface area (Å²) >= 11 is 0.